The van der Waals surface area contributed by atoms with E-state index >= 15 is 0 Å². The van der Waals surface area contributed by atoms with Gasteiger partial charge in [-0.3, -0.25) is 0 Å². The van der Waals surface area contributed by atoms with Crippen LogP contribution in [0.3, 0.4) is 0 Å². The van der Waals surface area contributed by atoms with Crippen LogP contribution in [-0.4, -0.2) is 41.9 Å². The maximum absolute atomic E-state index is 10.5. The zero-order chi connectivity index (χ0) is 16.4. The Hall–Kier alpha value is -0.980. The van der Waals surface area contributed by atoms with E-state index in [0.717, 1.165) is 10.0 Å². The first kappa shape index (κ1) is 16.9. The molecule has 1 aromatic carbocycles. The van der Waals surface area contributed by atoms with E-state index in [-0.39, 0.29) is 6.10 Å². The van der Waals surface area contributed by atoms with Crippen LogP contribution < -0.4 is 0 Å². The third-order valence-corrected chi connectivity index (χ3v) is 4.61. The first-order chi connectivity index (χ1) is 11.0. The van der Waals surface area contributed by atoms with Gasteiger partial charge in [0.15, 0.2) is 5.79 Å². The molecule has 1 N–H and O–H groups in total. The average molecular weight is 381 g/mol. The summed E-state index contributed by atoms with van der Waals surface area (Å²) >= 11 is 3.51. The summed E-state index contributed by atoms with van der Waals surface area (Å²) in [6.45, 7) is 4.10. The minimum atomic E-state index is -0.756. The number of ether oxygens (including phenoxy) is 3. The van der Waals surface area contributed by atoms with Gasteiger partial charge in [-0.15, -0.1) is 0 Å². The molecule has 0 spiro atoms. The van der Waals surface area contributed by atoms with Crippen LogP contribution in [0.5, 0.6) is 0 Å². The molecule has 2 aliphatic rings. The highest BCUT2D eigenvalue weighted by atomic mass is 79.9. The molecule has 124 valence electrons. The Morgan fingerprint density at radius 1 is 1.26 bits per heavy atom. The van der Waals surface area contributed by atoms with Gasteiger partial charge in [0.2, 0.25) is 0 Å². The number of rotatable bonds is 4. The monoisotopic (exact) mass is 380 g/mol. The standard InChI is InChI=1S/C18H21BrO4/c1-18(2)22-16-13(19)11-14(15(20)17(16)23-18)21-10-6-9-12-7-4-3-5-8-12/h3-9,11,14-17,20H,10H2,1-2H3/b9-6+/t14-,15+,16+,17-/m0/s1. The second-order valence-electron chi connectivity index (χ2n) is 6.17. The fraction of sp³-hybridized carbons (Fsp3) is 0.444. The Kier molecular flexibility index (Phi) is 5.04. The number of aliphatic hydroxyl groups is 1. The van der Waals surface area contributed by atoms with Gasteiger partial charge in [-0.2, -0.15) is 0 Å². The molecule has 23 heavy (non-hydrogen) atoms. The first-order valence-corrected chi connectivity index (χ1v) is 8.50. The van der Waals surface area contributed by atoms with Crippen LogP contribution in [0.25, 0.3) is 6.08 Å². The van der Waals surface area contributed by atoms with Crippen molar-refractivity contribution in [2.75, 3.05) is 6.61 Å². The molecule has 1 fully saturated rings. The number of fused-ring (bicyclic) bond motifs is 1. The summed E-state index contributed by atoms with van der Waals surface area (Å²) in [6, 6.07) is 10.0. The fourth-order valence-corrected chi connectivity index (χ4v) is 3.47. The lowest BCUT2D eigenvalue weighted by molar-refractivity contribution is -0.160. The van der Waals surface area contributed by atoms with Crippen LogP contribution >= 0.6 is 15.9 Å². The highest BCUT2D eigenvalue weighted by molar-refractivity contribution is 9.11. The molecule has 0 amide bonds. The summed E-state index contributed by atoms with van der Waals surface area (Å²) in [5.41, 5.74) is 1.12. The summed E-state index contributed by atoms with van der Waals surface area (Å²) in [6.07, 6.45) is 3.90. The van der Waals surface area contributed by atoms with Gasteiger partial charge in [-0.25, -0.2) is 0 Å². The van der Waals surface area contributed by atoms with Crippen molar-refractivity contribution in [1.29, 1.82) is 0 Å². The lowest BCUT2D eigenvalue weighted by Crippen LogP contribution is -2.47. The van der Waals surface area contributed by atoms with E-state index in [1.807, 2.05) is 62.4 Å². The summed E-state index contributed by atoms with van der Waals surface area (Å²) < 4.78 is 18.2. The Labute approximate surface area is 144 Å². The van der Waals surface area contributed by atoms with Crippen molar-refractivity contribution in [3.8, 4) is 0 Å². The molecular formula is C18H21BrO4. The third-order valence-electron chi connectivity index (χ3n) is 3.89. The second-order valence-corrected chi connectivity index (χ2v) is 7.09. The van der Waals surface area contributed by atoms with E-state index in [2.05, 4.69) is 15.9 Å². The first-order valence-electron chi connectivity index (χ1n) is 7.70. The second kappa shape index (κ2) is 6.87. The molecule has 1 saturated heterocycles. The van der Waals surface area contributed by atoms with Crippen molar-refractivity contribution in [3.05, 3.63) is 52.5 Å². The lowest BCUT2D eigenvalue weighted by atomic mass is 9.96. The zero-order valence-electron chi connectivity index (χ0n) is 13.2. The Balaban J connectivity index is 1.60. The highest BCUT2D eigenvalue weighted by Crippen LogP contribution is 2.40. The van der Waals surface area contributed by atoms with Crippen molar-refractivity contribution in [1.82, 2.24) is 0 Å². The van der Waals surface area contributed by atoms with Crippen LogP contribution in [0.4, 0.5) is 0 Å². The molecule has 0 radical (unpaired) electrons. The van der Waals surface area contributed by atoms with Gasteiger partial charge in [0.1, 0.15) is 24.4 Å². The van der Waals surface area contributed by atoms with E-state index in [0.29, 0.717) is 6.61 Å². The quantitative estimate of drug-likeness (QED) is 0.870. The summed E-state index contributed by atoms with van der Waals surface area (Å²) in [5, 5.41) is 10.5. The van der Waals surface area contributed by atoms with Gasteiger partial charge in [0, 0.05) is 4.48 Å². The molecule has 5 heteroatoms. The molecule has 1 aliphatic heterocycles. The van der Waals surface area contributed by atoms with Crippen LogP contribution in [0, 0.1) is 0 Å². The van der Waals surface area contributed by atoms with E-state index in [1.165, 1.54) is 0 Å². The molecule has 0 saturated carbocycles. The number of hydrogen-bond donors (Lipinski definition) is 1. The Morgan fingerprint density at radius 2 is 2.00 bits per heavy atom. The summed E-state index contributed by atoms with van der Waals surface area (Å²) in [7, 11) is 0. The lowest BCUT2D eigenvalue weighted by Gasteiger charge is -2.32. The molecule has 0 aromatic heterocycles. The zero-order valence-corrected chi connectivity index (χ0v) is 14.8. The van der Waals surface area contributed by atoms with Gasteiger partial charge >= 0.3 is 0 Å². The van der Waals surface area contributed by atoms with Gasteiger partial charge in [0.25, 0.3) is 0 Å². The van der Waals surface area contributed by atoms with Gasteiger partial charge < -0.3 is 19.3 Å². The SMILES string of the molecule is CC1(C)O[C@H]2[C@H](O)[C@@H](OC/C=C/c3ccccc3)C=C(Br)[C@H]2O1. The van der Waals surface area contributed by atoms with Gasteiger partial charge in [0.05, 0.1) is 6.61 Å². The van der Waals surface area contributed by atoms with Gasteiger partial charge in [-0.1, -0.05) is 58.4 Å². The molecule has 0 bridgehead atoms. The van der Waals surface area contributed by atoms with Crippen LogP contribution in [-0.2, 0) is 14.2 Å². The summed E-state index contributed by atoms with van der Waals surface area (Å²) in [4.78, 5) is 0. The van der Waals surface area contributed by atoms with E-state index in [4.69, 9.17) is 14.2 Å². The minimum Gasteiger partial charge on any atom is -0.387 e. The smallest absolute Gasteiger partial charge is 0.164 e. The van der Waals surface area contributed by atoms with Crippen LogP contribution in [0.2, 0.25) is 0 Å². The van der Waals surface area contributed by atoms with E-state index in [9.17, 15) is 5.11 Å². The van der Waals surface area contributed by atoms with Crippen molar-refractivity contribution in [2.45, 2.75) is 44.1 Å². The molecule has 1 aliphatic carbocycles. The highest BCUT2D eigenvalue weighted by Gasteiger charge is 2.50. The number of hydrogen-bond acceptors (Lipinski definition) is 4. The predicted molar refractivity (Wildman–Crippen MR) is 92.1 cm³/mol. The average Bonchev–Trinajstić information content (AvgIpc) is 2.86. The third kappa shape index (κ3) is 3.92. The maximum Gasteiger partial charge on any atom is 0.164 e. The Bertz CT molecular complexity index is 596. The predicted octanol–water partition coefficient (Wildman–Crippen LogP) is 3.26. The topological polar surface area (TPSA) is 47.9 Å². The molecule has 0 unspecified atom stereocenters. The summed E-state index contributed by atoms with van der Waals surface area (Å²) in [5.74, 6) is -0.703. The van der Waals surface area contributed by atoms with Gasteiger partial charge in [-0.05, 0) is 25.5 Å². The van der Waals surface area contributed by atoms with Crippen LogP contribution in [0.1, 0.15) is 19.4 Å². The number of aliphatic hydroxyl groups excluding tert-OH is 1. The Morgan fingerprint density at radius 3 is 2.74 bits per heavy atom. The fourth-order valence-electron chi connectivity index (χ4n) is 2.85. The maximum atomic E-state index is 10.5. The molecule has 4 nitrogen and oxygen atoms in total. The normalized spacial score (nSPS) is 32.8. The van der Waals surface area contributed by atoms with Crippen LogP contribution in [0.15, 0.2) is 47.0 Å². The van der Waals surface area contributed by atoms with Crippen molar-refractivity contribution >= 4 is 22.0 Å². The van der Waals surface area contributed by atoms with E-state index in [1.54, 1.807) is 0 Å². The van der Waals surface area contributed by atoms with E-state index < -0.39 is 24.1 Å². The van der Waals surface area contributed by atoms with Crippen molar-refractivity contribution in [2.24, 2.45) is 0 Å². The molecule has 1 heterocycles. The molecule has 3 rings (SSSR count). The minimum absolute atomic E-state index is 0.278. The van der Waals surface area contributed by atoms with Crippen molar-refractivity contribution in [3.63, 3.8) is 0 Å². The number of benzene rings is 1. The van der Waals surface area contributed by atoms with Crippen molar-refractivity contribution < 1.29 is 19.3 Å². The largest absolute Gasteiger partial charge is 0.387 e. The molecule has 1 aromatic rings. The molecular weight excluding hydrogens is 360 g/mol. The molecule has 4 atom stereocenters. The number of halogens is 1.